The summed E-state index contributed by atoms with van der Waals surface area (Å²) in [6.45, 7) is 0. The molecular formula is C23H19ClN4O2. The van der Waals surface area contributed by atoms with Crippen molar-refractivity contribution in [2.45, 2.75) is 12.5 Å². The van der Waals surface area contributed by atoms with Crippen molar-refractivity contribution in [3.8, 4) is 0 Å². The molecule has 2 amide bonds. The number of benzene rings is 3. The van der Waals surface area contributed by atoms with E-state index in [9.17, 15) is 9.59 Å². The van der Waals surface area contributed by atoms with Crippen LogP contribution in [0.3, 0.4) is 0 Å². The lowest BCUT2D eigenvalue weighted by Crippen LogP contribution is -2.47. The second kappa shape index (κ2) is 8.80. The summed E-state index contributed by atoms with van der Waals surface area (Å²) in [4.78, 5) is 30.1. The average molecular weight is 419 g/mol. The van der Waals surface area contributed by atoms with E-state index in [-0.39, 0.29) is 11.8 Å². The van der Waals surface area contributed by atoms with Gasteiger partial charge in [0.05, 0.1) is 11.0 Å². The molecule has 30 heavy (non-hydrogen) atoms. The number of para-hydroxylation sites is 2. The van der Waals surface area contributed by atoms with Gasteiger partial charge in [-0.2, -0.15) is 0 Å². The molecule has 3 aromatic carbocycles. The summed E-state index contributed by atoms with van der Waals surface area (Å²) in [6.07, 6.45) is 1.89. The molecule has 0 bridgehead atoms. The fraction of sp³-hybridized carbons (Fsp3) is 0.0870. The standard InChI is InChI=1S/C23H19ClN4O2/c24-18-12-10-17(11-13-18)22(29)26-20(14-16-6-2-1-3-7-16)23(30)27-28-15-25-19-8-4-5-9-21(19)28/h1-13,15,20H,14H2,(H,26,29)(H,27,30)/t20-/m1/s1. The molecule has 4 rings (SSSR count). The highest BCUT2D eigenvalue weighted by Gasteiger charge is 2.23. The molecule has 0 aliphatic carbocycles. The minimum Gasteiger partial charge on any atom is -0.340 e. The Kier molecular flexibility index (Phi) is 5.77. The number of carbonyl (C=O) groups is 2. The van der Waals surface area contributed by atoms with Gasteiger partial charge in [0.1, 0.15) is 12.4 Å². The number of imidazole rings is 1. The van der Waals surface area contributed by atoms with E-state index in [0.717, 1.165) is 16.6 Å². The van der Waals surface area contributed by atoms with E-state index < -0.39 is 6.04 Å². The van der Waals surface area contributed by atoms with Crippen LogP contribution in [0.15, 0.2) is 85.2 Å². The van der Waals surface area contributed by atoms with Crippen molar-refractivity contribution in [1.29, 1.82) is 0 Å². The Morgan fingerprint density at radius 3 is 2.40 bits per heavy atom. The number of fused-ring (bicyclic) bond motifs is 1. The van der Waals surface area contributed by atoms with Crippen molar-refractivity contribution in [2.75, 3.05) is 5.43 Å². The molecule has 2 N–H and O–H groups in total. The first-order valence-corrected chi connectivity index (χ1v) is 9.81. The van der Waals surface area contributed by atoms with Crippen LogP contribution in [0.1, 0.15) is 15.9 Å². The highest BCUT2D eigenvalue weighted by molar-refractivity contribution is 6.30. The molecule has 0 aliphatic heterocycles. The second-order valence-corrected chi connectivity index (χ2v) is 7.24. The Hall–Kier alpha value is -3.64. The smallest absolute Gasteiger partial charge is 0.261 e. The molecule has 6 nitrogen and oxygen atoms in total. The quantitative estimate of drug-likeness (QED) is 0.500. The largest absolute Gasteiger partial charge is 0.340 e. The Morgan fingerprint density at radius 1 is 0.933 bits per heavy atom. The SMILES string of the molecule is O=C(N[C@H](Cc1ccccc1)C(=O)Nn1cnc2ccccc21)c1ccc(Cl)cc1. The van der Waals surface area contributed by atoms with Crippen LogP contribution < -0.4 is 10.7 Å². The molecule has 0 unspecified atom stereocenters. The lowest BCUT2D eigenvalue weighted by molar-refractivity contribution is -0.118. The summed E-state index contributed by atoms with van der Waals surface area (Å²) in [7, 11) is 0. The van der Waals surface area contributed by atoms with E-state index in [2.05, 4.69) is 15.7 Å². The normalized spacial score (nSPS) is 11.8. The third kappa shape index (κ3) is 4.50. The monoisotopic (exact) mass is 418 g/mol. The topological polar surface area (TPSA) is 76.0 Å². The number of carbonyl (C=O) groups excluding carboxylic acids is 2. The van der Waals surface area contributed by atoms with Gasteiger partial charge in [-0.05, 0) is 42.0 Å². The summed E-state index contributed by atoms with van der Waals surface area (Å²) >= 11 is 5.90. The lowest BCUT2D eigenvalue weighted by Gasteiger charge is -2.19. The van der Waals surface area contributed by atoms with Crippen molar-refractivity contribution in [2.24, 2.45) is 0 Å². The van der Waals surface area contributed by atoms with Gasteiger partial charge in [0.25, 0.3) is 11.8 Å². The first-order chi connectivity index (χ1) is 14.6. The van der Waals surface area contributed by atoms with Gasteiger partial charge in [0.2, 0.25) is 0 Å². The predicted molar refractivity (Wildman–Crippen MR) is 117 cm³/mol. The summed E-state index contributed by atoms with van der Waals surface area (Å²) in [5.41, 5.74) is 5.73. The van der Waals surface area contributed by atoms with Gasteiger partial charge in [-0.25, -0.2) is 9.66 Å². The van der Waals surface area contributed by atoms with E-state index >= 15 is 0 Å². The van der Waals surface area contributed by atoms with Crippen LogP contribution in [0.2, 0.25) is 5.02 Å². The molecule has 0 saturated heterocycles. The van der Waals surface area contributed by atoms with Gasteiger partial charge in [0, 0.05) is 17.0 Å². The minimum atomic E-state index is -0.781. The molecule has 0 radical (unpaired) electrons. The summed E-state index contributed by atoms with van der Waals surface area (Å²) in [5, 5.41) is 3.37. The third-order valence-corrected chi connectivity index (χ3v) is 4.95. The molecule has 0 aliphatic rings. The van der Waals surface area contributed by atoms with Crippen LogP contribution in [0.4, 0.5) is 0 Å². The molecule has 150 valence electrons. The lowest BCUT2D eigenvalue weighted by atomic mass is 10.0. The van der Waals surface area contributed by atoms with E-state index in [4.69, 9.17) is 11.6 Å². The van der Waals surface area contributed by atoms with Crippen molar-refractivity contribution in [1.82, 2.24) is 15.0 Å². The van der Waals surface area contributed by atoms with Gasteiger partial charge in [-0.3, -0.25) is 15.0 Å². The molecular weight excluding hydrogens is 400 g/mol. The first-order valence-electron chi connectivity index (χ1n) is 9.43. The van der Waals surface area contributed by atoms with Gasteiger partial charge in [-0.15, -0.1) is 0 Å². The minimum absolute atomic E-state index is 0.343. The fourth-order valence-corrected chi connectivity index (χ4v) is 3.27. The Bertz CT molecular complexity index is 1170. The number of amides is 2. The molecule has 7 heteroatoms. The molecule has 0 saturated carbocycles. The van der Waals surface area contributed by atoms with Crippen LogP contribution in [0.5, 0.6) is 0 Å². The fourth-order valence-electron chi connectivity index (χ4n) is 3.15. The third-order valence-electron chi connectivity index (χ3n) is 4.70. The van der Waals surface area contributed by atoms with Gasteiger partial charge >= 0.3 is 0 Å². The molecule has 0 spiro atoms. The van der Waals surface area contributed by atoms with Gasteiger partial charge < -0.3 is 5.32 Å². The van der Waals surface area contributed by atoms with Crippen LogP contribution in [0.25, 0.3) is 11.0 Å². The highest BCUT2D eigenvalue weighted by Crippen LogP contribution is 2.12. The van der Waals surface area contributed by atoms with Crippen molar-refractivity contribution >= 4 is 34.4 Å². The maximum atomic E-state index is 13.1. The number of nitrogens with zero attached hydrogens (tertiary/aromatic N) is 2. The maximum absolute atomic E-state index is 13.1. The van der Waals surface area contributed by atoms with Crippen LogP contribution in [0, 0.1) is 0 Å². The maximum Gasteiger partial charge on any atom is 0.261 e. The number of nitrogens with one attached hydrogen (secondary N) is 2. The number of hydrogen-bond donors (Lipinski definition) is 2. The number of rotatable bonds is 6. The zero-order valence-corrected chi connectivity index (χ0v) is 16.7. The van der Waals surface area contributed by atoms with Gasteiger partial charge in [-0.1, -0.05) is 54.1 Å². The summed E-state index contributed by atoms with van der Waals surface area (Å²) in [6, 6.07) is 22.8. The van der Waals surface area contributed by atoms with Crippen LogP contribution in [-0.2, 0) is 11.2 Å². The van der Waals surface area contributed by atoms with E-state index in [1.807, 2.05) is 54.6 Å². The highest BCUT2D eigenvalue weighted by atomic mass is 35.5. The van der Waals surface area contributed by atoms with E-state index in [1.165, 1.54) is 0 Å². The van der Waals surface area contributed by atoms with E-state index in [1.54, 1.807) is 35.3 Å². The van der Waals surface area contributed by atoms with E-state index in [0.29, 0.717) is 17.0 Å². The Balaban J connectivity index is 1.56. The molecule has 1 heterocycles. The average Bonchev–Trinajstić information content (AvgIpc) is 3.17. The van der Waals surface area contributed by atoms with Crippen molar-refractivity contribution < 1.29 is 9.59 Å². The van der Waals surface area contributed by atoms with Crippen LogP contribution in [-0.4, -0.2) is 27.5 Å². The molecule has 1 aromatic heterocycles. The zero-order chi connectivity index (χ0) is 20.9. The molecule has 0 fully saturated rings. The number of halogens is 1. The van der Waals surface area contributed by atoms with Crippen LogP contribution >= 0.6 is 11.6 Å². The Morgan fingerprint density at radius 2 is 1.63 bits per heavy atom. The summed E-state index contributed by atoms with van der Waals surface area (Å²) < 4.78 is 1.56. The molecule has 1 atom stereocenters. The first kappa shape index (κ1) is 19.7. The predicted octanol–water partition coefficient (Wildman–Crippen LogP) is 3.80. The number of aromatic nitrogens is 2. The van der Waals surface area contributed by atoms with Crippen molar-refractivity contribution in [3.63, 3.8) is 0 Å². The number of hydrogen-bond acceptors (Lipinski definition) is 3. The molecule has 4 aromatic rings. The second-order valence-electron chi connectivity index (χ2n) is 6.80. The summed E-state index contributed by atoms with van der Waals surface area (Å²) in [5.74, 6) is -0.692. The van der Waals surface area contributed by atoms with Crippen molar-refractivity contribution in [3.05, 3.63) is 101 Å². The Labute approximate surface area is 178 Å². The van der Waals surface area contributed by atoms with Gasteiger partial charge in [0.15, 0.2) is 0 Å². The zero-order valence-electron chi connectivity index (χ0n) is 16.0.